The summed E-state index contributed by atoms with van der Waals surface area (Å²) in [6, 6.07) is 29.7. The number of anilines is 1. The van der Waals surface area contributed by atoms with Crippen molar-refractivity contribution < 1.29 is 23.7 Å². The van der Waals surface area contributed by atoms with Crippen LogP contribution in [0, 0.1) is 0 Å². The molecule has 1 N–H and O–H groups in total. The molecule has 0 spiro atoms. The maximum absolute atomic E-state index is 13.7. The zero-order valence-corrected chi connectivity index (χ0v) is 31.3. The third-order valence-corrected chi connectivity index (χ3v) is 9.81. The highest BCUT2D eigenvalue weighted by Crippen LogP contribution is 2.38. The number of hydrogen-bond acceptors (Lipinski definition) is 5. The largest absolute Gasteiger partial charge is 0.497 e. The SMILES string of the molecule is CCC(C)(C)c1ccc(OCCCCN(Cc2ccc(OC)c(OCc3ccccc3)c2)C(=O)Nc2ccc(OC)cc2)c(C(C)(C)CC)c1. The Hall–Kier alpha value is -4.65. The van der Waals surface area contributed by atoms with E-state index in [1.807, 2.05) is 77.7 Å². The van der Waals surface area contributed by atoms with Gasteiger partial charge in [0.15, 0.2) is 11.5 Å². The normalized spacial score (nSPS) is 11.5. The van der Waals surface area contributed by atoms with Gasteiger partial charge >= 0.3 is 6.03 Å². The van der Waals surface area contributed by atoms with Gasteiger partial charge in [0.2, 0.25) is 0 Å². The van der Waals surface area contributed by atoms with Crippen molar-refractivity contribution >= 4 is 11.7 Å². The fraction of sp³-hybridized carbons (Fsp3) is 0.419. The van der Waals surface area contributed by atoms with Crippen molar-refractivity contribution in [2.75, 3.05) is 32.7 Å². The van der Waals surface area contributed by atoms with Gasteiger partial charge in [-0.25, -0.2) is 4.79 Å². The molecule has 0 fully saturated rings. The van der Waals surface area contributed by atoms with E-state index in [0.717, 1.165) is 48.3 Å². The zero-order chi connectivity index (χ0) is 36.1. The minimum absolute atomic E-state index is 0.00641. The van der Waals surface area contributed by atoms with Crippen LogP contribution in [0.25, 0.3) is 0 Å². The lowest BCUT2D eigenvalue weighted by Gasteiger charge is -2.30. The summed E-state index contributed by atoms with van der Waals surface area (Å²) in [5.74, 6) is 2.96. The number of methoxy groups -OCH3 is 2. The van der Waals surface area contributed by atoms with E-state index in [2.05, 4.69) is 65.1 Å². The molecule has 4 aromatic carbocycles. The standard InChI is InChI=1S/C43H56N2O5/c1-9-42(3,4)34-19-25-38(37(29-34)43(5,6)10-2)49-27-15-14-26-45(41(46)44-35-20-22-36(47-7)23-21-35)30-33-18-24-39(48-8)40(28-33)50-31-32-16-12-11-13-17-32/h11-13,16-25,28-29H,9-10,14-15,26-27,30-31H2,1-8H3,(H,44,46). The smallest absolute Gasteiger partial charge is 0.322 e. The molecule has 0 heterocycles. The zero-order valence-electron chi connectivity index (χ0n) is 31.3. The lowest BCUT2D eigenvalue weighted by molar-refractivity contribution is 0.205. The van der Waals surface area contributed by atoms with Crippen LogP contribution in [0.4, 0.5) is 10.5 Å². The summed E-state index contributed by atoms with van der Waals surface area (Å²) in [7, 11) is 3.26. The predicted molar refractivity (Wildman–Crippen MR) is 204 cm³/mol. The van der Waals surface area contributed by atoms with Crippen molar-refractivity contribution in [3.8, 4) is 23.0 Å². The van der Waals surface area contributed by atoms with Crippen LogP contribution in [0.1, 0.15) is 89.5 Å². The number of nitrogens with zero attached hydrogens (tertiary/aromatic N) is 1. The highest BCUT2D eigenvalue weighted by atomic mass is 16.5. The summed E-state index contributed by atoms with van der Waals surface area (Å²) in [5, 5.41) is 3.06. The summed E-state index contributed by atoms with van der Waals surface area (Å²) < 4.78 is 23.5. The fourth-order valence-corrected chi connectivity index (χ4v) is 5.60. The minimum Gasteiger partial charge on any atom is -0.497 e. The van der Waals surface area contributed by atoms with E-state index in [0.29, 0.717) is 43.5 Å². The van der Waals surface area contributed by atoms with Gasteiger partial charge in [-0.1, -0.05) is 90.1 Å². The van der Waals surface area contributed by atoms with E-state index in [1.165, 1.54) is 11.1 Å². The topological polar surface area (TPSA) is 69.3 Å². The number of carbonyl (C=O) groups is 1. The summed E-state index contributed by atoms with van der Waals surface area (Å²) in [6.07, 6.45) is 3.66. The molecule has 0 aliphatic rings. The number of hydrogen-bond donors (Lipinski definition) is 1. The minimum atomic E-state index is -0.181. The van der Waals surface area contributed by atoms with Gasteiger partial charge in [0.1, 0.15) is 18.1 Å². The van der Waals surface area contributed by atoms with E-state index in [4.69, 9.17) is 18.9 Å². The summed E-state index contributed by atoms with van der Waals surface area (Å²) in [6.45, 7) is 15.6. The van der Waals surface area contributed by atoms with Crippen LogP contribution in [-0.4, -0.2) is 38.3 Å². The van der Waals surface area contributed by atoms with E-state index >= 15 is 0 Å². The Morgan fingerprint density at radius 1 is 0.700 bits per heavy atom. The highest BCUT2D eigenvalue weighted by molar-refractivity contribution is 5.89. The Kier molecular flexibility index (Phi) is 13.6. The monoisotopic (exact) mass is 680 g/mol. The van der Waals surface area contributed by atoms with Crippen LogP contribution in [0.2, 0.25) is 0 Å². The van der Waals surface area contributed by atoms with Crippen molar-refractivity contribution in [2.45, 2.75) is 91.2 Å². The molecule has 268 valence electrons. The number of benzene rings is 4. The Morgan fingerprint density at radius 3 is 2.06 bits per heavy atom. The third-order valence-electron chi connectivity index (χ3n) is 9.81. The fourth-order valence-electron chi connectivity index (χ4n) is 5.60. The predicted octanol–water partition coefficient (Wildman–Crippen LogP) is 10.6. The molecule has 7 heteroatoms. The van der Waals surface area contributed by atoms with Gasteiger partial charge in [-0.2, -0.15) is 0 Å². The van der Waals surface area contributed by atoms with Crippen molar-refractivity contribution in [3.63, 3.8) is 0 Å². The summed E-state index contributed by atoms with van der Waals surface area (Å²) >= 11 is 0. The molecule has 0 aromatic heterocycles. The van der Waals surface area contributed by atoms with Crippen LogP contribution in [0.5, 0.6) is 23.0 Å². The first-order valence-electron chi connectivity index (χ1n) is 17.8. The molecular weight excluding hydrogens is 624 g/mol. The lowest BCUT2D eigenvalue weighted by atomic mass is 9.76. The molecule has 4 rings (SSSR count). The molecule has 0 aliphatic carbocycles. The van der Waals surface area contributed by atoms with Crippen molar-refractivity contribution in [2.24, 2.45) is 0 Å². The van der Waals surface area contributed by atoms with Crippen molar-refractivity contribution in [3.05, 3.63) is 113 Å². The molecular formula is C43H56N2O5. The van der Waals surface area contributed by atoms with E-state index in [-0.39, 0.29) is 16.9 Å². The second kappa shape index (κ2) is 17.8. The molecule has 0 unspecified atom stereocenters. The lowest BCUT2D eigenvalue weighted by Crippen LogP contribution is -2.35. The first kappa shape index (κ1) is 38.2. The molecule has 7 nitrogen and oxygen atoms in total. The van der Waals surface area contributed by atoms with Crippen molar-refractivity contribution in [1.29, 1.82) is 0 Å². The Labute approximate surface area is 299 Å². The molecule has 0 aliphatic heterocycles. The van der Waals surface area contributed by atoms with Gasteiger partial charge in [-0.05, 0) is 95.7 Å². The maximum Gasteiger partial charge on any atom is 0.322 e. The van der Waals surface area contributed by atoms with Gasteiger partial charge in [0.05, 0.1) is 20.8 Å². The number of carbonyl (C=O) groups excluding carboxylic acids is 1. The first-order valence-corrected chi connectivity index (χ1v) is 17.8. The van der Waals surface area contributed by atoms with Crippen LogP contribution < -0.4 is 24.3 Å². The second-order valence-electron chi connectivity index (χ2n) is 14.1. The Morgan fingerprint density at radius 2 is 1.40 bits per heavy atom. The number of rotatable bonds is 18. The van der Waals surface area contributed by atoms with Gasteiger partial charge in [-0.15, -0.1) is 0 Å². The molecule has 0 bridgehead atoms. The average molecular weight is 681 g/mol. The van der Waals surface area contributed by atoms with E-state index in [1.54, 1.807) is 14.2 Å². The van der Waals surface area contributed by atoms with Crippen molar-refractivity contribution in [1.82, 2.24) is 4.90 Å². The number of urea groups is 1. The van der Waals surface area contributed by atoms with Crippen LogP contribution in [0.15, 0.2) is 91.0 Å². The van der Waals surface area contributed by atoms with E-state index < -0.39 is 0 Å². The first-order chi connectivity index (χ1) is 24.0. The highest BCUT2D eigenvalue weighted by Gasteiger charge is 2.26. The summed E-state index contributed by atoms with van der Waals surface area (Å²) in [5.41, 5.74) is 5.40. The molecule has 0 saturated heterocycles. The summed E-state index contributed by atoms with van der Waals surface area (Å²) in [4.78, 5) is 15.5. The number of unbranched alkanes of at least 4 members (excludes halogenated alkanes) is 1. The van der Waals surface area contributed by atoms with Crippen LogP contribution in [-0.2, 0) is 24.0 Å². The molecule has 0 radical (unpaired) electrons. The van der Waals surface area contributed by atoms with Gasteiger partial charge in [-0.3, -0.25) is 0 Å². The van der Waals surface area contributed by atoms with Crippen LogP contribution in [0.3, 0.4) is 0 Å². The number of amides is 2. The maximum atomic E-state index is 13.7. The molecule has 4 aromatic rings. The molecule has 2 amide bonds. The van der Waals surface area contributed by atoms with E-state index in [9.17, 15) is 4.79 Å². The van der Waals surface area contributed by atoms with Gasteiger partial charge < -0.3 is 29.2 Å². The number of ether oxygens (including phenoxy) is 4. The second-order valence-corrected chi connectivity index (χ2v) is 14.1. The Bertz CT molecular complexity index is 1650. The average Bonchev–Trinajstić information content (AvgIpc) is 3.14. The Balaban J connectivity index is 1.46. The van der Waals surface area contributed by atoms with Crippen LogP contribution >= 0.6 is 0 Å². The van der Waals surface area contributed by atoms with Gasteiger partial charge in [0, 0.05) is 24.3 Å². The molecule has 0 saturated carbocycles. The third kappa shape index (κ3) is 10.4. The quantitative estimate of drug-likeness (QED) is 0.106. The van der Waals surface area contributed by atoms with Gasteiger partial charge in [0.25, 0.3) is 0 Å². The molecule has 50 heavy (non-hydrogen) atoms. The molecule has 0 atom stereocenters. The number of nitrogens with one attached hydrogen (secondary N) is 1.